The predicted octanol–water partition coefficient (Wildman–Crippen LogP) is 4.34. The van der Waals surface area contributed by atoms with Crippen LogP contribution in [0.1, 0.15) is 15.2 Å². The maximum atomic E-state index is 12.3. The van der Waals surface area contributed by atoms with Gasteiger partial charge in [-0.1, -0.05) is 42.5 Å². The Bertz CT molecular complexity index is 753. The lowest BCUT2D eigenvalue weighted by Gasteiger charge is -2.05. The minimum Gasteiger partial charge on any atom is -0.496 e. The first-order chi connectivity index (χ1) is 9.78. The zero-order chi connectivity index (χ0) is 13.9. The SMILES string of the molecule is COc1csc(C(=O)Cc2cccc3ccccc23)c1. The number of ether oxygens (including phenoxy) is 1. The van der Waals surface area contributed by atoms with E-state index < -0.39 is 0 Å². The first-order valence-electron chi connectivity index (χ1n) is 6.40. The molecule has 3 heteroatoms. The Balaban J connectivity index is 1.91. The lowest BCUT2D eigenvalue weighted by atomic mass is 10.00. The van der Waals surface area contributed by atoms with E-state index in [4.69, 9.17) is 4.74 Å². The third-order valence-electron chi connectivity index (χ3n) is 3.32. The van der Waals surface area contributed by atoms with Crippen LogP contribution in [0.15, 0.2) is 53.9 Å². The van der Waals surface area contributed by atoms with E-state index >= 15 is 0 Å². The molecule has 0 aliphatic rings. The second-order valence-electron chi connectivity index (χ2n) is 4.59. The van der Waals surface area contributed by atoms with Gasteiger partial charge in [0, 0.05) is 17.9 Å². The summed E-state index contributed by atoms with van der Waals surface area (Å²) < 4.78 is 5.12. The number of rotatable bonds is 4. The van der Waals surface area contributed by atoms with Crippen molar-refractivity contribution in [1.29, 1.82) is 0 Å². The van der Waals surface area contributed by atoms with E-state index in [1.54, 1.807) is 13.2 Å². The van der Waals surface area contributed by atoms with Crippen molar-refractivity contribution in [3.63, 3.8) is 0 Å². The number of Topliss-reactive ketones (excluding diaryl/α,β-unsaturated/α-hetero) is 1. The largest absolute Gasteiger partial charge is 0.496 e. The summed E-state index contributed by atoms with van der Waals surface area (Å²) >= 11 is 1.43. The molecule has 0 N–H and O–H groups in total. The molecule has 2 aromatic carbocycles. The summed E-state index contributed by atoms with van der Waals surface area (Å²) in [4.78, 5) is 13.1. The number of fused-ring (bicyclic) bond motifs is 1. The van der Waals surface area contributed by atoms with Crippen LogP contribution < -0.4 is 4.74 Å². The fourth-order valence-corrected chi connectivity index (χ4v) is 3.07. The van der Waals surface area contributed by atoms with Gasteiger partial charge in [-0.2, -0.15) is 0 Å². The van der Waals surface area contributed by atoms with E-state index in [9.17, 15) is 4.79 Å². The molecule has 0 aliphatic carbocycles. The third-order valence-corrected chi connectivity index (χ3v) is 4.27. The maximum absolute atomic E-state index is 12.3. The Morgan fingerprint density at radius 1 is 1.15 bits per heavy atom. The van der Waals surface area contributed by atoms with Crippen LogP contribution in [-0.2, 0) is 6.42 Å². The number of hydrogen-bond acceptors (Lipinski definition) is 3. The molecule has 0 amide bonds. The first kappa shape index (κ1) is 12.9. The van der Waals surface area contributed by atoms with Gasteiger partial charge in [0.05, 0.1) is 12.0 Å². The fraction of sp³-hybridized carbons (Fsp3) is 0.118. The zero-order valence-corrected chi connectivity index (χ0v) is 11.9. The second-order valence-corrected chi connectivity index (χ2v) is 5.50. The highest BCUT2D eigenvalue weighted by Gasteiger charge is 2.12. The van der Waals surface area contributed by atoms with Crippen molar-refractivity contribution in [2.75, 3.05) is 7.11 Å². The molecule has 3 rings (SSSR count). The Hall–Kier alpha value is -2.13. The number of thiophene rings is 1. The summed E-state index contributed by atoms with van der Waals surface area (Å²) in [6, 6.07) is 16.0. The highest BCUT2D eigenvalue weighted by atomic mass is 32.1. The van der Waals surface area contributed by atoms with Gasteiger partial charge in [-0.25, -0.2) is 0 Å². The molecule has 0 saturated carbocycles. The average Bonchev–Trinajstić information content (AvgIpc) is 2.97. The van der Waals surface area contributed by atoms with E-state index in [-0.39, 0.29) is 5.78 Å². The van der Waals surface area contributed by atoms with Crippen molar-refractivity contribution in [1.82, 2.24) is 0 Å². The summed E-state index contributed by atoms with van der Waals surface area (Å²) in [7, 11) is 1.61. The van der Waals surface area contributed by atoms with Crippen LogP contribution in [0.3, 0.4) is 0 Å². The molecule has 0 unspecified atom stereocenters. The first-order valence-corrected chi connectivity index (χ1v) is 7.28. The van der Waals surface area contributed by atoms with Gasteiger partial charge in [-0.3, -0.25) is 4.79 Å². The molecule has 3 aromatic rings. The summed E-state index contributed by atoms with van der Waals surface area (Å²) in [5.74, 6) is 0.880. The molecule has 20 heavy (non-hydrogen) atoms. The van der Waals surface area contributed by atoms with Crippen LogP contribution in [0.5, 0.6) is 5.75 Å². The number of hydrogen-bond donors (Lipinski definition) is 0. The molecule has 0 spiro atoms. The highest BCUT2D eigenvalue weighted by molar-refractivity contribution is 7.12. The van der Waals surface area contributed by atoms with Crippen molar-refractivity contribution in [2.45, 2.75) is 6.42 Å². The summed E-state index contributed by atoms with van der Waals surface area (Å²) in [5, 5.41) is 4.17. The normalized spacial score (nSPS) is 10.7. The van der Waals surface area contributed by atoms with Gasteiger partial charge in [0.1, 0.15) is 5.75 Å². The van der Waals surface area contributed by atoms with Crippen LogP contribution in [0.25, 0.3) is 10.8 Å². The predicted molar refractivity (Wildman–Crippen MR) is 82.9 cm³/mol. The van der Waals surface area contributed by atoms with E-state index in [2.05, 4.69) is 18.2 Å². The van der Waals surface area contributed by atoms with Crippen LogP contribution >= 0.6 is 11.3 Å². The third kappa shape index (κ3) is 2.45. The van der Waals surface area contributed by atoms with E-state index in [0.29, 0.717) is 6.42 Å². The number of carbonyl (C=O) groups is 1. The van der Waals surface area contributed by atoms with Crippen molar-refractivity contribution >= 4 is 27.9 Å². The maximum Gasteiger partial charge on any atom is 0.177 e. The Kier molecular flexibility index (Phi) is 3.52. The zero-order valence-electron chi connectivity index (χ0n) is 11.1. The molecule has 0 aliphatic heterocycles. The molecule has 0 atom stereocenters. The van der Waals surface area contributed by atoms with Gasteiger partial charge in [0.2, 0.25) is 0 Å². The van der Waals surface area contributed by atoms with Crippen LogP contribution in [0.2, 0.25) is 0 Å². The van der Waals surface area contributed by atoms with Gasteiger partial charge in [0.15, 0.2) is 5.78 Å². The van der Waals surface area contributed by atoms with Crippen LogP contribution in [0.4, 0.5) is 0 Å². The highest BCUT2D eigenvalue weighted by Crippen LogP contribution is 2.24. The summed E-state index contributed by atoms with van der Waals surface area (Å²) in [5.41, 5.74) is 1.07. The summed E-state index contributed by atoms with van der Waals surface area (Å²) in [6.07, 6.45) is 0.422. The Labute approximate surface area is 121 Å². The molecule has 1 aromatic heterocycles. The van der Waals surface area contributed by atoms with E-state index in [0.717, 1.165) is 21.6 Å². The minimum absolute atomic E-state index is 0.134. The number of ketones is 1. The molecule has 100 valence electrons. The lowest BCUT2D eigenvalue weighted by Crippen LogP contribution is -2.01. The molecule has 2 nitrogen and oxygen atoms in total. The van der Waals surface area contributed by atoms with Crippen molar-refractivity contribution in [3.8, 4) is 5.75 Å². The Morgan fingerprint density at radius 3 is 2.75 bits per heavy atom. The number of carbonyl (C=O) groups excluding carboxylic acids is 1. The van der Waals surface area contributed by atoms with Crippen molar-refractivity contribution < 1.29 is 9.53 Å². The lowest BCUT2D eigenvalue weighted by molar-refractivity contribution is 0.0997. The second kappa shape index (κ2) is 5.47. The van der Waals surface area contributed by atoms with Crippen LogP contribution in [-0.4, -0.2) is 12.9 Å². The molecule has 0 radical (unpaired) electrons. The topological polar surface area (TPSA) is 26.3 Å². The average molecular weight is 282 g/mol. The van der Waals surface area contributed by atoms with E-state index in [1.807, 2.05) is 29.6 Å². The van der Waals surface area contributed by atoms with Gasteiger partial charge >= 0.3 is 0 Å². The van der Waals surface area contributed by atoms with Crippen molar-refractivity contribution in [3.05, 3.63) is 64.4 Å². The monoisotopic (exact) mass is 282 g/mol. The fourth-order valence-electron chi connectivity index (χ4n) is 2.28. The quantitative estimate of drug-likeness (QED) is 0.666. The minimum atomic E-state index is 0.134. The van der Waals surface area contributed by atoms with Gasteiger partial charge in [0.25, 0.3) is 0 Å². The smallest absolute Gasteiger partial charge is 0.177 e. The standard InChI is InChI=1S/C17H14O2S/c1-19-14-10-17(20-11-14)16(18)9-13-7-4-6-12-5-2-3-8-15(12)13/h2-8,10-11H,9H2,1H3. The number of benzene rings is 2. The van der Waals surface area contributed by atoms with Crippen molar-refractivity contribution in [2.24, 2.45) is 0 Å². The van der Waals surface area contributed by atoms with Gasteiger partial charge in [-0.05, 0) is 16.3 Å². The molecule has 1 heterocycles. The molecule has 0 saturated heterocycles. The van der Waals surface area contributed by atoms with E-state index in [1.165, 1.54) is 16.7 Å². The van der Waals surface area contributed by atoms with Gasteiger partial charge in [-0.15, -0.1) is 11.3 Å². The summed E-state index contributed by atoms with van der Waals surface area (Å²) in [6.45, 7) is 0. The molecular weight excluding hydrogens is 268 g/mol. The van der Waals surface area contributed by atoms with Crippen LogP contribution in [0, 0.1) is 0 Å². The molecule has 0 bridgehead atoms. The Morgan fingerprint density at radius 2 is 1.95 bits per heavy atom. The van der Waals surface area contributed by atoms with Gasteiger partial charge < -0.3 is 4.74 Å². The molecular formula is C17H14O2S. The molecule has 0 fully saturated rings. The number of methoxy groups -OCH3 is 1.